The molecule has 4 rings (SSSR count). The molecule has 1 unspecified atom stereocenters. The van der Waals surface area contributed by atoms with Crippen LogP contribution in [0.15, 0.2) is 77.7 Å². The molecule has 3 aromatic carbocycles. The van der Waals surface area contributed by atoms with Crippen molar-refractivity contribution in [2.75, 3.05) is 47.9 Å². The molecule has 0 saturated heterocycles. The molecule has 7 nitrogen and oxygen atoms in total. The third-order valence-corrected chi connectivity index (χ3v) is 8.61. The van der Waals surface area contributed by atoms with Crippen LogP contribution in [0.4, 0.5) is 5.69 Å². The highest BCUT2D eigenvalue weighted by Crippen LogP contribution is 2.48. The second-order valence-corrected chi connectivity index (χ2v) is 11.2. The van der Waals surface area contributed by atoms with Gasteiger partial charge in [-0.1, -0.05) is 36.4 Å². The third kappa shape index (κ3) is 7.37. The SMILES string of the molecule is COc1ccc([C@H]2Sc3ccccc3[N+](C)(CCN(C)CCc3cccc(OC)c3)C(=O)[C@H]2OC(C)=O)cc1.[I-]. The Morgan fingerprint density at radius 3 is 2.33 bits per heavy atom. The predicted molar refractivity (Wildman–Crippen MR) is 155 cm³/mol. The molecule has 0 bridgehead atoms. The Balaban J connectivity index is 0.00000441. The zero-order valence-electron chi connectivity index (χ0n) is 23.6. The van der Waals surface area contributed by atoms with Crippen molar-refractivity contribution in [1.82, 2.24) is 9.38 Å². The first kappa shape index (κ1) is 31.9. The highest BCUT2D eigenvalue weighted by molar-refractivity contribution is 7.99. The minimum Gasteiger partial charge on any atom is -1.00 e. The number of rotatable bonds is 10. The maximum absolute atomic E-state index is 14.4. The fourth-order valence-electron chi connectivity index (χ4n) is 4.88. The van der Waals surface area contributed by atoms with E-state index in [9.17, 15) is 9.59 Å². The van der Waals surface area contributed by atoms with Gasteiger partial charge in [-0.3, -0.25) is 4.79 Å². The Hall–Kier alpha value is -2.60. The summed E-state index contributed by atoms with van der Waals surface area (Å²) in [5.74, 6) is 0.969. The van der Waals surface area contributed by atoms with E-state index in [0.29, 0.717) is 13.1 Å². The van der Waals surface area contributed by atoms with E-state index in [1.54, 1.807) is 26.0 Å². The second-order valence-electron chi connectivity index (χ2n) is 9.97. The summed E-state index contributed by atoms with van der Waals surface area (Å²) in [5, 5.41) is -0.390. The number of benzene rings is 3. The Bertz CT molecular complexity index is 1300. The second kappa shape index (κ2) is 14.3. The number of likely N-dealkylation sites (N-methyl/N-ethyl adjacent to an activating group) is 2. The van der Waals surface area contributed by atoms with Gasteiger partial charge in [-0.05, 0) is 54.9 Å². The number of esters is 1. The van der Waals surface area contributed by atoms with Gasteiger partial charge >= 0.3 is 11.9 Å². The lowest BCUT2D eigenvalue weighted by Gasteiger charge is -2.34. The van der Waals surface area contributed by atoms with Gasteiger partial charge in [0.1, 0.15) is 18.0 Å². The first-order valence-corrected chi connectivity index (χ1v) is 13.9. The molecule has 0 radical (unpaired) electrons. The number of fused-ring (bicyclic) bond motifs is 1. The summed E-state index contributed by atoms with van der Waals surface area (Å²) in [6.07, 6.45) is -0.0756. The molecule has 1 aliphatic rings. The highest BCUT2D eigenvalue weighted by atomic mass is 127. The maximum Gasteiger partial charge on any atom is 0.361 e. The van der Waals surface area contributed by atoms with Crippen molar-refractivity contribution in [2.45, 2.75) is 29.6 Å². The number of hydrogen-bond donors (Lipinski definition) is 0. The van der Waals surface area contributed by atoms with Gasteiger partial charge in [-0.15, -0.1) is 11.8 Å². The molecular formula is C31H37IN2O5S. The van der Waals surface area contributed by atoms with Gasteiger partial charge in [0, 0.05) is 26.1 Å². The van der Waals surface area contributed by atoms with Crippen LogP contribution in [0, 0.1) is 0 Å². The molecule has 214 valence electrons. The minimum atomic E-state index is -0.944. The first-order valence-electron chi connectivity index (χ1n) is 13.0. The Morgan fingerprint density at radius 1 is 0.950 bits per heavy atom. The van der Waals surface area contributed by atoms with Gasteiger partial charge < -0.3 is 43.1 Å². The van der Waals surface area contributed by atoms with Gasteiger partial charge in [-0.25, -0.2) is 9.28 Å². The number of halogens is 1. The van der Waals surface area contributed by atoms with E-state index in [1.807, 2.05) is 67.7 Å². The third-order valence-electron chi connectivity index (χ3n) is 7.24. The summed E-state index contributed by atoms with van der Waals surface area (Å²) < 4.78 is 16.5. The van der Waals surface area contributed by atoms with E-state index in [1.165, 1.54) is 12.5 Å². The Labute approximate surface area is 258 Å². The number of ether oxygens (including phenoxy) is 3. The van der Waals surface area contributed by atoms with E-state index >= 15 is 0 Å². The van der Waals surface area contributed by atoms with Crippen LogP contribution in [-0.2, 0) is 20.7 Å². The van der Waals surface area contributed by atoms with Crippen LogP contribution in [0.2, 0.25) is 0 Å². The standard InChI is InChI=1S/C31H37N2O5S.HI/c1-22(34)38-29-30(24-13-15-25(36-4)16-14-24)39-28-12-7-6-11-27(28)33(3,31(29)35)20-19-32(2)18-17-23-9-8-10-26(21-23)37-5;/h6-16,21,29-30H,17-20H2,1-5H3;1H/q+1;/p-1/t29-,30+,33?;/m0./s1. The average Bonchev–Trinajstić information content (AvgIpc) is 3.04. The quantitative estimate of drug-likeness (QED) is 0.185. The van der Waals surface area contributed by atoms with E-state index in [2.05, 4.69) is 24.1 Å². The summed E-state index contributed by atoms with van der Waals surface area (Å²) >= 11 is 1.57. The van der Waals surface area contributed by atoms with Crippen molar-refractivity contribution in [3.8, 4) is 11.5 Å². The number of nitrogens with zero attached hydrogens (tertiary/aromatic N) is 2. The highest BCUT2D eigenvalue weighted by Gasteiger charge is 2.50. The number of carbonyl (C=O) groups excluding carboxylic acids is 2. The number of para-hydroxylation sites is 1. The van der Waals surface area contributed by atoms with E-state index in [-0.39, 0.29) is 39.6 Å². The lowest BCUT2D eigenvalue weighted by atomic mass is 10.0. The predicted octanol–water partition coefficient (Wildman–Crippen LogP) is 2.12. The molecule has 0 spiro atoms. The topological polar surface area (TPSA) is 65.1 Å². The summed E-state index contributed by atoms with van der Waals surface area (Å²) in [4.78, 5) is 29.8. The molecule has 0 aliphatic carbocycles. The van der Waals surface area contributed by atoms with Crippen LogP contribution >= 0.6 is 11.8 Å². The monoisotopic (exact) mass is 676 g/mol. The van der Waals surface area contributed by atoms with Crippen LogP contribution in [0.3, 0.4) is 0 Å². The smallest absolute Gasteiger partial charge is 0.361 e. The molecule has 1 amide bonds. The zero-order chi connectivity index (χ0) is 28.0. The summed E-state index contributed by atoms with van der Waals surface area (Å²) in [6, 6.07) is 23.7. The van der Waals surface area contributed by atoms with E-state index in [0.717, 1.165) is 40.6 Å². The Morgan fingerprint density at radius 2 is 1.65 bits per heavy atom. The number of quaternary nitrogens is 1. The molecule has 0 aromatic heterocycles. The normalized spacial score (nSPS) is 20.2. The van der Waals surface area contributed by atoms with E-state index in [4.69, 9.17) is 14.2 Å². The maximum atomic E-state index is 14.4. The summed E-state index contributed by atoms with van der Waals surface area (Å²) in [6.45, 7) is 3.42. The number of amides is 1. The zero-order valence-corrected chi connectivity index (χ0v) is 26.6. The Kier molecular flexibility index (Phi) is 11.4. The fourth-order valence-corrected chi connectivity index (χ4v) is 6.29. The molecule has 40 heavy (non-hydrogen) atoms. The van der Waals surface area contributed by atoms with Crippen molar-refractivity contribution >= 4 is 29.3 Å². The summed E-state index contributed by atoms with van der Waals surface area (Å²) in [5.41, 5.74) is 3.02. The lowest BCUT2D eigenvalue weighted by Crippen LogP contribution is -3.00. The van der Waals surface area contributed by atoms with Gasteiger partial charge in [-0.2, -0.15) is 0 Å². The molecule has 9 heteroatoms. The van der Waals surface area contributed by atoms with Crippen LogP contribution < -0.4 is 37.9 Å². The van der Waals surface area contributed by atoms with Crippen LogP contribution in [0.1, 0.15) is 23.3 Å². The molecule has 1 aliphatic heterocycles. The van der Waals surface area contributed by atoms with Crippen molar-refractivity contribution in [2.24, 2.45) is 0 Å². The number of thioether (sulfide) groups is 1. The molecule has 0 fully saturated rings. The van der Waals surface area contributed by atoms with Gasteiger partial charge in [0.2, 0.25) is 6.10 Å². The molecule has 3 atom stereocenters. The van der Waals surface area contributed by atoms with Crippen LogP contribution in [0.25, 0.3) is 0 Å². The average molecular weight is 677 g/mol. The number of carbonyl (C=O) groups is 2. The van der Waals surface area contributed by atoms with Crippen LogP contribution in [-0.4, -0.2) is 70.8 Å². The first-order chi connectivity index (χ1) is 18.7. The number of hydrogen-bond acceptors (Lipinski definition) is 7. The van der Waals surface area contributed by atoms with E-state index < -0.39 is 12.1 Å². The molecular weight excluding hydrogens is 639 g/mol. The lowest BCUT2D eigenvalue weighted by molar-refractivity contribution is -0.157. The van der Waals surface area contributed by atoms with Crippen molar-refractivity contribution in [3.05, 3.63) is 83.9 Å². The van der Waals surface area contributed by atoms with Gasteiger partial charge in [0.25, 0.3) is 0 Å². The number of methoxy groups -OCH3 is 2. The van der Waals surface area contributed by atoms with Gasteiger partial charge in [0.15, 0.2) is 5.69 Å². The molecule has 0 saturated carbocycles. The van der Waals surface area contributed by atoms with Crippen LogP contribution in [0.5, 0.6) is 11.5 Å². The molecule has 0 N–H and O–H groups in total. The van der Waals surface area contributed by atoms with Gasteiger partial charge in [0.05, 0.1) is 31.4 Å². The fraction of sp³-hybridized carbons (Fsp3) is 0.355. The van der Waals surface area contributed by atoms with Crippen molar-refractivity contribution in [3.63, 3.8) is 0 Å². The largest absolute Gasteiger partial charge is 1.00 e. The van der Waals surface area contributed by atoms with Crippen molar-refractivity contribution < 1.29 is 47.8 Å². The molecule has 1 heterocycles. The van der Waals surface area contributed by atoms with Crippen molar-refractivity contribution in [1.29, 1.82) is 0 Å². The summed E-state index contributed by atoms with van der Waals surface area (Å²) in [7, 11) is 7.29. The minimum absolute atomic E-state index is 0. The molecule has 3 aromatic rings.